The van der Waals surface area contributed by atoms with Crippen molar-refractivity contribution in [2.75, 3.05) is 19.3 Å². The van der Waals surface area contributed by atoms with Gasteiger partial charge in [-0.25, -0.2) is 0 Å². The lowest BCUT2D eigenvalue weighted by molar-refractivity contribution is -0.122. The maximum absolute atomic E-state index is 12.3. The average Bonchev–Trinajstić information content (AvgIpc) is 3.08. The number of nitrogens with two attached hydrogens (primary N) is 1. The second kappa shape index (κ2) is 7.05. The molecule has 0 radical (unpaired) electrons. The van der Waals surface area contributed by atoms with Crippen LogP contribution in [-0.2, 0) is 11.2 Å². The van der Waals surface area contributed by atoms with Crippen LogP contribution in [0.5, 0.6) is 0 Å². The molecule has 0 aliphatic heterocycles. The number of nitrogen functional groups attached to an aromatic ring is 1. The van der Waals surface area contributed by atoms with Gasteiger partial charge in [-0.05, 0) is 54.0 Å². The molecule has 0 saturated carbocycles. The number of carbonyl (C=O) groups is 2. The Hall–Kier alpha value is -2.34. The molecule has 1 aliphatic carbocycles. The predicted molar refractivity (Wildman–Crippen MR) is 96.0 cm³/mol. The number of hydrogen-bond donors (Lipinski definition) is 2. The third-order valence-electron chi connectivity index (χ3n) is 4.28. The van der Waals surface area contributed by atoms with Crippen LogP contribution >= 0.6 is 11.3 Å². The molecule has 0 bridgehead atoms. The molecule has 1 aromatic heterocycles. The summed E-state index contributed by atoms with van der Waals surface area (Å²) < 4.78 is 0. The molecule has 0 saturated heterocycles. The minimum atomic E-state index is -0.142. The predicted octanol–water partition coefficient (Wildman–Crippen LogP) is 2.60. The van der Waals surface area contributed by atoms with Crippen molar-refractivity contribution in [1.82, 2.24) is 10.2 Å². The van der Waals surface area contributed by atoms with Crippen molar-refractivity contribution < 1.29 is 9.59 Å². The molecular formula is C18H21N3O2S. The standard InChI is InChI=1S/C18H21N3O2S/c1-21(18(23)16-6-3-9-24-16)11-17(22)20-15-5-2-4-12-10-13(19)7-8-14(12)15/h3,6-10,15H,2,4-5,11,19H2,1H3,(H,20,22). The van der Waals surface area contributed by atoms with Crippen molar-refractivity contribution in [2.24, 2.45) is 0 Å². The molecule has 5 nitrogen and oxygen atoms in total. The van der Waals surface area contributed by atoms with Crippen LogP contribution in [0.1, 0.15) is 39.7 Å². The van der Waals surface area contributed by atoms with Gasteiger partial charge in [0.15, 0.2) is 0 Å². The first-order valence-electron chi connectivity index (χ1n) is 8.01. The maximum Gasteiger partial charge on any atom is 0.264 e. The summed E-state index contributed by atoms with van der Waals surface area (Å²) in [7, 11) is 1.65. The van der Waals surface area contributed by atoms with E-state index in [4.69, 9.17) is 5.73 Å². The normalized spacial score (nSPS) is 16.3. The van der Waals surface area contributed by atoms with Gasteiger partial charge in [-0.1, -0.05) is 12.1 Å². The number of carbonyl (C=O) groups excluding carboxylic acids is 2. The molecule has 3 N–H and O–H groups in total. The van der Waals surface area contributed by atoms with Crippen molar-refractivity contribution in [3.05, 3.63) is 51.7 Å². The molecule has 1 aromatic carbocycles. The number of aryl methyl sites for hydroxylation is 1. The first-order chi connectivity index (χ1) is 11.5. The van der Waals surface area contributed by atoms with Gasteiger partial charge in [0.2, 0.25) is 5.91 Å². The maximum atomic E-state index is 12.3. The van der Waals surface area contributed by atoms with E-state index in [1.165, 1.54) is 21.8 Å². The number of anilines is 1. The second-order valence-electron chi connectivity index (χ2n) is 6.11. The van der Waals surface area contributed by atoms with Crippen molar-refractivity contribution in [1.29, 1.82) is 0 Å². The molecule has 1 atom stereocenters. The highest BCUT2D eigenvalue weighted by Gasteiger charge is 2.23. The number of likely N-dealkylation sites (N-methyl/N-ethyl adjacent to an activating group) is 1. The molecule has 2 aromatic rings. The van der Waals surface area contributed by atoms with E-state index in [1.807, 2.05) is 29.6 Å². The van der Waals surface area contributed by atoms with Crippen molar-refractivity contribution in [3.8, 4) is 0 Å². The van der Waals surface area contributed by atoms with Gasteiger partial charge in [0, 0.05) is 12.7 Å². The largest absolute Gasteiger partial charge is 0.399 e. The summed E-state index contributed by atoms with van der Waals surface area (Å²) in [6.07, 6.45) is 2.92. The fourth-order valence-electron chi connectivity index (χ4n) is 3.10. The lowest BCUT2D eigenvalue weighted by Crippen LogP contribution is -2.40. The molecule has 1 aliphatic rings. The zero-order valence-electron chi connectivity index (χ0n) is 13.6. The highest BCUT2D eigenvalue weighted by molar-refractivity contribution is 7.12. The van der Waals surface area contributed by atoms with Crippen molar-refractivity contribution in [2.45, 2.75) is 25.3 Å². The number of benzene rings is 1. The van der Waals surface area contributed by atoms with Gasteiger partial charge in [0.05, 0.1) is 17.5 Å². The van der Waals surface area contributed by atoms with Gasteiger partial charge in [-0.2, -0.15) is 0 Å². The SMILES string of the molecule is CN(CC(=O)NC1CCCc2cc(N)ccc21)C(=O)c1cccs1. The van der Waals surface area contributed by atoms with Gasteiger partial charge in [-0.15, -0.1) is 11.3 Å². The van der Waals surface area contributed by atoms with E-state index < -0.39 is 0 Å². The van der Waals surface area contributed by atoms with Crippen LogP contribution in [0, 0.1) is 0 Å². The summed E-state index contributed by atoms with van der Waals surface area (Å²) in [5, 5.41) is 4.91. The molecule has 6 heteroatoms. The van der Waals surface area contributed by atoms with Gasteiger partial charge in [0.25, 0.3) is 5.91 Å². The summed E-state index contributed by atoms with van der Waals surface area (Å²) in [6.45, 7) is 0.0531. The third kappa shape index (κ3) is 3.59. The minimum Gasteiger partial charge on any atom is -0.399 e. The Labute approximate surface area is 145 Å². The Morgan fingerprint density at radius 3 is 2.96 bits per heavy atom. The number of hydrogen-bond acceptors (Lipinski definition) is 4. The molecule has 1 unspecified atom stereocenters. The van der Waals surface area contributed by atoms with Crippen LogP contribution in [0.3, 0.4) is 0 Å². The monoisotopic (exact) mass is 343 g/mol. The first-order valence-corrected chi connectivity index (χ1v) is 8.89. The van der Waals surface area contributed by atoms with Crippen LogP contribution in [0.25, 0.3) is 0 Å². The zero-order valence-corrected chi connectivity index (χ0v) is 14.4. The van der Waals surface area contributed by atoms with Gasteiger partial charge >= 0.3 is 0 Å². The number of nitrogens with zero attached hydrogens (tertiary/aromatic N) is 1. The quantitative estimate of drug-likeness (QED) is 0.838. The molecule has 0 fully saturated rings. The summed E-state index contributed by atoms with van der Waals surface area (Å²) in [5.41, 5.74) is 8.93. The highest BCUT2D eigenvalue weighted by atomic mass is 32.1. The van der Waals surface area contributed by atoms with E-state index in [1.54, 1.807) is 13.1 Å². The van der Waals surface area contributed by atoms with E-state index in [0.29, 0.717) is 4.88 Å². The van der Waals surface area contributed by atoms with Crippen LogP contribution in [0.4, 0.5) is 5.69 Å². The summed E-state index contributed by atoms with van der Waals surface area (Å²) in [4.78, 5) is 26.7. The lowest BCUT2D eigenvalue weighted by Gasteiger charge is -2.27. The average molecular weight is 343 g/mol. The third-order valence-corrected chi connectivity index (χ3v) is 5.13. The highest BCUT2D eigenvalue weighted by Crippen LogP contribution is 2.30. The fraction of sp³-hybridized carbons (Fsp3) is 0.333. The molecule has 0 spiro atoms. The molecule has 126 valence electrons. The summed E-state index contributed by atoms with van der Waals surface area (Å²) in [5.74, 6) is -0.269. The fourth-order valence-corrected chi connectivity index (χ4v) is 3.82. The molecule has 2 amide bonds. The van der Waals surface area contributed by atoms with Crippen LogP contribution in [0.2, 0.25) is 0 Å². The first kappa shape index (κ1) is 16.5. The second-order valence-corrected chi connectivity index (χ2v) is 7.06. The van der Waals surface area contributed by atoms with E-state index in [-0.39, 0.29) is 24.4 Å². The number of amides is 2. The van der Waals surface area contributed by atoms with Crippen LogP contribution in [-0.4, -0.2) is 30.3 Å². The minimum absolute atomic E-state index is 0.00732. The summed E-state index contributed by atoms with van der Waals surface area (Å²) >= 11 is 1.38. The number of nitrogens with one attached hydrogen (secondary N) is 1. The van der Waals surface area contributed by atoms with E-state index >= 15 is 0 Å². The van der Waals surface area contributed by atoms with Gasteiger partial charge in [0.1, 0.15) is 0 Å². The van der Waals surface area contributed by atoms with Gasteiger partial charge < -0.3 is 16.0 Å². The Balaban J connectivity index is 1.63. The number of thiophene rings is 1. The summed E-state index contributed by atoms with van der Waals surface area (Å²) in [6, 6.07) is 9.44. The van der Waals surface area contributed by atoms with E-state index in [9.17, 15) is 9.59 Å². The van der Waals surface area contributed by atoms with Crippen molar-refractivity contribution in [3.63, 3.8) is 0 Å². The lowest BCUT2D eigenvalue weighted by atomic mass is 9.87. The smallest absolute Gasteiger partial charge is 0.264 e. The van der Waals surface area contributed by atoms with Crippen LogP contribution < -0.4 is 11.1 Å². The Kier molecular flexibility index (Phi) is 4.85. The molecule has 1 heterocycles. The van der Waals surface area contributed by atoms with Crippen molar-refractivity contribution >= 4 is 28.8 Å². The molecule has 24 heavy (non-hydrogen) atoms. The Morgan fingerprint density at radius 1 is 1.38 bits per heavy atom. The van der Waals surface area contributed by atoms with Crippen LogP contribution in [0.15, 0.2) is 35.7 Å². The number of fused-ring (bicyclic) bond motifs is 1. The topological polar surface area (TPSA) is 75.4 Å². The zero-order chi connectivity index (χ0) is 17.1. The molecular weight excluding hydrogens is 322 g/mol. The van der Waals surface area contributed by atoms with E-state index in [0.717, 1.165) is 30.5 Å². The van der Waals surface area contributed by atoms with E-state index in [2.05, 4.69) is 5.32 Å². The Bertz CT molecular complexity index is 743. The number of rotatable bonds is 4. The molecule has 3 rings (SSSR count). The Morgan fingerprint density at radius 2 is 2.21 bits per heavy atom. The van der Waals surface area contributed by atoms with Gasteiger partial charge in [-0.3, -0.25) is 9.59 Å².